The first-order valence-corrected chi connectivity index (χ1v) is 9.85. The monoisotopic (exact) mass is 392 g/mol. The van der Waals surface area contributed by atoms with Crippen LogP contribution in [0, 0.1) is 6.92 Å². The third-order valence-electron chi connectivity index (χ3n) is 4.58. The molecule has 1 fully saturated rings. The molecule has 9 heteroatoms. The molecule has 0 aliphatic carbocycles. The molecule has 144 valence electrons. The molecular weight excluding hydrogens is 372 g/mol. The molecule has 1 saturated heterocycles. The van der Waals surface area contributed by atoms with Crippen molar-refractivity contribution in [2.24, 2.45) is 0 Å². The number of ether oxygens (including phenoxy) is 2. The quantitative estimate of drug-likeness (QED) is 0.591. The number of hydrogen-bond acceptors (Lipinski definition) is 7. The van der Waals surface area contributed by atoms with Crippen LogP contribution in [0.5, 0.6) is 11.5 Å². The van der Waals surface area contributed by atoms with Crippen LogP contribution < -0.4 is 10.2 Å². The Hall–Kier alpha value is -2.49. The van der Waals surface area contributed by atoms with Crippen LogP contribution in [0.2, 0.25) is 0 Å². The van der Waals surface area contributed by atoms with Gasteiger partial charge in [0.25, 0.3) is 5.91 Å². The maximum Gasteiger partial charge on any atom is 0.265 e. The highest BCUT2D eigenvalue weighted by atomic mass is 32.2. The van der Waals surface area contributed by atoms with Gasteiger partial charge in [0.1, 0.15) is 11.5 Å². The maximum absolute atomic E-state index is 13.1. The standard InChI is InChI=1S/C18H20N2O6S/c1-13-2-3-15(12-19-13)26-14-4-6-16(7-5-14)27(23,24)18(17(21)20-22)8-10-25-11-9-18/h2-7,12,22H,8-11H2,1H3,(H,20,21). The summed E-state index contributed by atoms with van der Waals surface area (Å²) in [4.78, 5) is 16.3. The van der Waals surface area contributed by atoms with Gasteiger partial charge in [0.2, 0.25) is 0 Å². The number of amides is 1. The Labute approximate surface area is 157 Å². The van der Waals surface area contributed by atoms with E-state index in [4.69, 9.17) is 14.7 Å². The van der Waals surface area contributed by atoms with Gasteiger partial charge in [-0.05, 0) is 56.2 Å². The predicted molar refractivity (Wildman–Crippen MR) is 95.4 cm³/mol. The number of rotatable bonds is 5. The number of sulfone groups is 1. The number of carbonyl (C=O) groups is 1. The Kier molecular flexibility index (Phi) is 5.45. The fourth-order valence-corrected chi connectivity index (χ4v) is 4.92. The Bertz CT molecular complexity index is 904. The van der Waals surface area contributed by atoms with Gasteiger partial charge in [0.15, 0.2) is 14.6 Å². The average Bonchev–Trinajstić information content (AvgIpc) is 2.70. The zero-order valence-electron chi connectivity index (χ0n) is 14.7. The molecule has 0 atom stereocenters. The van der Waals surface area contributed by atoms with Crippen molar-refractivity contribution in [3.05, 3.63) is 48.3 Å². The minimum absolute atomic E-state index is 0.0256. The molecule has 0 unspecified atom stereocenters. The van der Waals surface area contributed by atoms with E-state index in [1.54, 1.807) is 18.3 Å². The summed E-state index contributed by atoms with van der Waals surface area (Å²) >= 11 is 0. The lowest BCUT2D eigenvalue weighted by Crippen LogP contribution is -2.54. The van der Waals surface area contributed by atoms with E-state index in [0.717, 1.165) is 5.69 Å². The van der Waals surface area contributed by atoms with Crippen LogP contribution in [0.3, 0.4) is 0 Å². The fourth-order valence-electron chi connectivity index (χ4n) is 2.98. The highest BCUT2D eigenvalue weighted by Crippen LogP contribution is 2.36. The predicted octanol–water partition coefficient (Wildman–Crippen LogP) is 2.01. The molecule has 1 aliphatic heterocycles. The van der Waals surface area contributed by atoms with Gasteiger partial charge in [0.05, 0.1) is 11.1 Å². The molecule has 1 amide bonds. The number of hydroxylamine groups is 1. The SMILES string of the molecule is Cc1ccc(Oc2ccc(S(=O)(=O)C3(C(=O)NO)CCOCC3)cc2)cn1. The van der Waals surface area contributed by atoms with Gasteiger partial charge in [-0.1, -0.05) is 0 Å². The minimum Gasteiger partial charge on any atom is -0.456 e. The van der Waals surface area contributed by atoms with Crippen LogP contribution in [0.25, 0.3) is 0 Å². The van der Waals surface area contributed by atoms with Gasteiger partial charge in [-0.25, -0.2) is 13.9 Å². The second-order valence-electron chi connectivity index (χ2n) is 6.26. The molecule has 1 aromatic carbocycles. The van der Waals surface area contributed by atoms with E-state index >= 15 is 0 Å². The van der Waals surface area contributed by atoms with Gasteiger partial charge in [-0.2, -0.15) is 0 Å². The number of benzene rings is 1. The van der Waals surface area contributed by atoms with Crippen molar-refractivity contribution < 1.29 is 27.9 Å². The summed E-state index contributed by atoms with van der Waals surface area (Å²) in [6.45, 7) is 2.10. The second-order valence-corrected chi connectivity index (χ2v) is 8.52. The molecule has 2 aromatic rings. The lowest BCUT2D eigenvalue weighted by atomic mass is 9.98. The number of hydrogen-bond donors (Lipinski definition) is 2. The molecule has 27 heavy (non-hydrogen) atoms. The number of nitrogens with zero attached hydrogens (tertiary/aromatic N) is 1. The number of carbonyl (C=O) groups excluding carboxylic acids is 1. The number of aromatic nitrogens is 1. The fraction of sp³-hybridized carbons (Fsp3) is 0.333. The van der Waals surface area contributed by atoms with E-state index in [2.05, 4.69) is 4.98 Å². The Balaban J connectivity index is 1.88. The van der Waals surface area contributed by atoms with Crippen LogP contribution in [-0.4, -0.2) is 42.5 Å². The molecule has 0 bridgehead atoms. The summed E-state index contributed by atoms with van der Waals surface area (Å²) < 4.78 is 35.4. The van der Waals surface area contributed by atoms with Crippen molar-refractivity contribution in [2.75, 3.05) is 13.2 Å². The van der Waals surface area contributed by atoms with E-state index in [1.165, 1.54) is 29.7 Å². The van der Waals surface area contributed by atoms with E-state index in [9.17, 15) is 13.2 Å². The number of pyridine rings is 1. The largest absolute Gasteiger partial charge is 0.456 e. The third-order valence-corrected chi connectivity index (χ3v) is 7.10. The molecule has 0 saturated carbocycles. The summed E-state index contributed by atoms with van der Waals surface area (Å²) in [5.41, 5.74) is 2.35. The third kappa shape index (κ3) is 3.66. The highest BCUT2D eigenvalue weighted by molar-refractivity contribution is 7.93. The van der Waals surface area contributed by atoms with E-state index < -0.39 is 20.5 Å². The van der Waals surface area contributed by atoms with Crippen LogP contribution in [-0.2, 0) is 19.4 Å². The highest BCUT2D eigenvalue weighted by Gasteiger charge is 2.52. The van der Waals surface area contributed by atoms with Gasteiger partial charge in [0, 0.05) is 18.9 Å². The average molecular weight is 392 g/mol. The summed E-state index contributed by atoms with van der Waals surface area (Å²) in [6.07, 6.45) is 1.51. The van der Waals surface area contributed by atoms with E-state index in [0.29, 0.717) is 11.5 Å². The molecule has 8 nitrogen and oxygen atoms in total. The number of nitrogens with one attached hydrogen (secondary N) is 1. The topological polar surface area (TPSA) is 115 Å². The smallest absolute Gasteiger partial charge is 0.265 e. The summed E-state index contributed by atoms with van der Waals surface area (Å²) in [7, 11) is -4.05. The summed E-state index contributed by atoms with van der Waals surface area (Å²) in [5, 5.41) is 9.06. The number of aryl methyl sites for hydroxylation is 1. The zero-order valence-corrected chi connectivity index (χ0v) is 15.5. The second kappa shape index (κ2) is 7.63. The van der Waals surface area contributed by atoms with Crippen molar-refractivity contribution in [1.29, 1.82) is 0 Å². The zero-order chi connectivity index (χ0) is 19.5. The van der Waals surface area contributed by atoms with E-state index in [-0.39, 0.29) is 31.0 Å². The summed E-state index contributed by atoms with van der Waals surface area (Å²) in [6, 6.07) is 9.35. The van der Waals surface area contributed by atoms with E-state index in [1.807, 2.05) is 6.92 Å². The van der Waals surface area contributed by atoms with Crippen LogP contribution >= 0.6 is 0 Å². The van der Waals surface area contributed by atoms with Crippen molar-refractivity contribution in [1.82, 2.24) is 10.5 Å². The van der Waals surface area contributed by atoms with Crippen LogP contribution in [0.15, 0.2) is 47.5 Å². The van der Waals surface area contributed by atoms with Crippen molar-refractivity contribution in [3.8, 4) is 11.5 Å². The van der Waals surface area contributed by atoms with Gasteiger partial charge < -0.3 is 9.47 Å². The maximum atomic E-state index is 13.1. The van der Waals surface area contributed by atoms with Crippen LogP contribution in [0.1, 0.15) is 18.5 Å². The van der Waals surface area contributed by atoms with Crippen LogP contribution in [0.4, 0.5) is 0 Å². The molecule has 1 aliphatic rings. The van der Waals surface area contributed by atoms with Gasteiger partial charge in [-0.15, -0.1) is 0 Å². The molecule has 0 radical (unpaired) electrons. The minimum atomic E-state index is -4.05. The molecule has 2 heterocycles. The first kappa shape index (κ1) is 19.3. The van der Waals surface area contributed by atoms with Crippen molar-refractivity contribution >= 4 is 15.7 Å². The Morgan fingerprint density at radius 3 is 2.33 bits per heavy atom. The van der Waals surface area contributed by atoms with Crippen molar-refractivity contribution in [3.63, 3.8) is 0 Å². The molecule has 2 N–H and O–H groups in total. The summed E-state index contributed by atoms with van der Waals surface area (Å²) in [5.74, 6) is 0.0147. The van der Waals surface area contributed by atoms with Gasteiger partial charge >= 0.3 is 0 Å². The molecule has 3 rings (SSSR count). The van der Waals surface area contributed by atoms with Gasteiger partial charge in [-0.3, -0.25) is 15.0 Å². The molecule has 0 spiro atoms. The first-order valence-electron chi connectivity index (χ1n) is 8.36. The normalized spacial score (nSPS) is 16.5. The van der Waals surface area contributed by atoms with Crippen molar-refractivity contribution in [2.45, 2.75) is 29.4 Å². The lowest BCUT2D eigenvalue weighted by molar-refractivity contribution is -0.134. The lowest BCUT2D eigenvalue weighted by Gasteiger charge is -2.34. The molecule has 1 aromatic heterocycles. The first-order chi connectivity index (χ1) is 12.9. The molecular formula is C18H20N2O6S. The Morgan fingerprint density at radius 1 is 1.15 bits per heavy atom. The Morgan fingerprint density at radius 2 is 1.78 bits per heavy atom.